The molecule has 2 fully saturated rings. The fourth-order valence-electron chi connectivity index (χ4n) is 2.42. The van der Waals surface area contributed by atoms with Crippen LogP contribution in [0.3, 0.4) is 0 Å². The Kier molecular flexibility index (Phi) is 12.9. The highest BCUT2D eigenvalue weighted by atomic mass is 35.5. The van der Waals surface area contributed by atoms with E-state index in [1.165, 1.54) is 0 Å². The van der Waals surface area contributed by atoms with Crippen LogP contribution in [0.2, 0.25) is 0 Å². The summed E-state index contributed by atoms with van der Waals surface area (Å²) >= 11 is 0. The molecular formula is C14H28Cl2N2O4. The Labute approximate surface area is 144 Å². The van der Waals surface area contributed by atoms with E-state index in [1.807, 2.05) is 0 Å². The third-order valence-corrected chi connectivity index (χ3v) is 4.02. The Morgan fingerprint density at radius 3 is 1.27 bits per heavy atom. The zero-order valence-corrected chi connectivity index (χ0v) is 14.7. The second-order valence-electron chi connectivity index (χ2n) is 5.84. The molecule has 4 atom stereocenters. The standard InChI is InChI=1S/2C7H13NO2.2ClH/c2*1-5-2-3-6(4-8-5)7(9)10;;/h2*5-6,8H,2-4H2,1H3,(H,9,10);2*1H/t2*5-,6+;;/m10../s1. The van der Waals surface area contributed by atoms with Crippen LogP contribution in [-0.4, -0.2) is 47.3 Å². The van der Waals surface area contributed by atoms with Crippen molar-refractivity contribution in [2.24, 2.45) is 11.8 Å². The lowest BCUT2D eigenvalue weighted by molar-refractivity contribution is -0.143. The molecule has 0 saturated carbocycles. The first-order valence-electron chi connectivity index (χ1n) is 7.32. The molecular weight excluding hydrogens is 331 g/mol. The van der Waals surface area contributed by atoms with E-state index in [-0.39, 0.29) is 36.6 Å². The Hall–Kier alpha value is -0.560. The molecule has 0 bridgehead atoms. The highest BCUT2D eigenvalue weighted by molar-refractivity contribution is 5.85. The first-order valence-corrected chi connectivity index (χ1v) is 7.32. The van der Waals surface area contributed by atoms with E-state index >= 15 is 0 Å². The molecule has 8 heteroatoms. The molecule has 0 amide bonds. The molecule has 2 rings (SSSR count). The van der Waals surface area contributed by atoms with Crippen LogP contribution in [0.25, 0.3) is 0 Å². The zero-order chi connectivity index (χ0) is 15.1. The van der Waals surface area contributed by atoms with Crippen molar-refractivity contribution in [2.45, 2.75) is 51.6 Å². The Morgan fingerprint density at radius 1 is 0.773 bits per heavy atom. The summed E-state index contributed by atoms with van der Waals surface area (Å²) < 4.78 is 0. The lowest BCUT2D eigenvalue weighted by Crippen LogP contribution is -2.39. The predicted molar refractivity (Wildman–Crippen MR) is 90.1 cm³/mol. The Balaban J connectivity index is 0. The van der Waals surface area contributed by atoms with Crippen molar-refractivity contribution < 1.29 is 19.8 Å². The fraction of sp³-hybridized carbons (Fsp3) is 0.857. The minimum absolute atomic E-state index is 0. The van der Waals surface area contributed by atoms with E-state index in [0.717, 1.165) is 25.7 Å². The topological polar surface area (TPSA) is 98.7 Å². The molecule has 6 nitrogen and oxygen atoms in total. The zero-order valence-electron chi connectivity index (χ0n) is 13.1. The van der Waals surface area contributed by atoms with Gasteiger partial charge in [-0.2, -0.15) is 0 Å². The van der Waals surface area contributed by atoms with Gasteiger partial charge in [-0.05, 0) is 39.5 Å². The van der Waals surface area contributed by atoms with Crippen LogP contribution in [0, 0.1) is 11.8 Å². The van der Waals surface area contributed by atoms with Gasteiger partial charge in [-0.15, -0.1) is 24.8 Å². The maximum absolute atomic E-state index is 10.4. The number of aliphatic carboxylic acids is 2. The van der Waals surface area contributed by atoms with E-state index in [0.29, 0.717) is 25.2 Å². The van der Waals surface area contributed by atoms with Crippen LogP contribution in [-0.2, 0) is 9.59 Å². The molecule has 0 radical (unpaired) electrons. The van der Waals surface area contributed by atoms with Crippen LogP contribution in [0.4, 0.5) is 0 Å². The predicted octanol–water partition coefficient (Wildman–Crippen LogP) is 1.76. The van der Waals surface area contributed by atoms with E-state index in [4.69, 9.17) is 10.2 Å². The van der Waals surface area contributed by atoms with Crippen molar-refractivity contribution in [2.75, 3.05) is 13.1 Å². The van der Waals surface area contributed by atoms with Gasteiger partial charge in [-0.1, -0.05) is 0 Å². The molecule has 2 saturated heterocycles. The summed E-state index contributed by atoms with van der Waals surface area (Å²) in [5, 5.41) is 23.4. The minimum Gasteiger partial charge on any atom is -0.481 e. The molecule has 2 heterocycles. The summed E-state index contributed by atoms with van der Waals surface area (Å²) in [7, 11) is 0. The highest BCUT2D eigenvalue weighted by Crippen LogP contribution is 2.14. The summed E-state index contributed by atoms with van der Waals surface area (Å²) in [6.07, 6.45) is 3.61. The van der Waals surface area contributed by atoms with Gasteiger partial charge in [0.05, 0.1) is 11.8 Å². The van der Waals surface area contributed by atoms with Crippen molar-refractivity contribution in [3.05, 3.63) is 0 Å². The summed E-state index contributed by atoms with van der Waals surface area (Å²) in [6, 6.07) is 0.992. The molecule has 132 valence electrons. The molecule has 2 aliphatic rings. The second kappa shape index (κ2) is 11.9. The molecule has 0 aliphatic carbocycles. The van der Waals surface area contributed by atoms with Crippen LogP contribution < -0.4 is 10.6 Å². The third kappa shape index (κ3) is 8.78. The maximum Gasteiger partial charge on any atom is 0.307 e. The third-order valence-electron chi connectivity index (χ3n) is 4.02. The number of hydrogen-bond donors (Lipinski definition) is 4. The van der Waals surface area contributed by atoms with E-state index in [1.54, 1.807) is 0 Å². The lowest BCUT2D eigenvalue weighted by atomic mass is 9.96. The lowest BCUT2D eigenvalue weighted by Gasteiger charge is -2.24. The van der Waals surface area contributed by atoms with Crippen molar-refractivity contribution in [3.63, 3.8) is 0 Å². The van der Waals surface area contributed by atoms with Gasteiger partial charge < -0.3 is 20.8 Å². The van der Waals surface area contributed by atoms with Gasteiger partial charge in [-0.25, -0.2) is 0 Å². The van der Waals surface area contributed by atoms with Crippen molar-refractivity contribution in [1.29, 1.82) is 0 Å². The van der Waals surface area contributed by atoms with Crippen LogP contribution in [0.5, 0.6) is 0 Å². The van der Waals surface area contributed by atoms with Gasteiger partial charge in [0.1, 0.15) is 0 Å². The van der Waals surface area contributed by atoms with Crippen molar-refractivity contribution in [1.82, 2.24) is 10.6 Å². The molecule has 4 N–H and O–H groups in total. The van der Waals surface area contributed by atoms with Gasteiger partial charge in [-0.3, -0.25) is 9.59 Å². The van der Waals surface area contributed by atoms with Crippen LogP contribution in [0.15, 0.2) is 0 Å². The van der Waals surface area contributed by atoms with Gasteiger partial charge in [0.25, 0.3) is 0 Å². The van der Waals surface area contributed by atoms with Crippen LogP contribution >= 0.6 is 24.8 Å². The smallest absolute Gasteiger partial charge is 0.307 e. The normalized spacial score (nSPS) is 30.6. The molecule has 0 aromatic carbocycles. The number of halogens is 2. The van der Waals surface area contributed by atoms with E-state index in [9.17, 15) is 9.59 Å². The quantitative estimate of drug-likeness (QED) is 0.600. The van der Waals surface area contributed by atoms with Gasteiger partial charge in [0, 0.05) is 25.2 Å². The highest BCUT2D eigenvalue weighted by Gasteiger charge is 2.23. The number of carboxylic acid groups (broad SMARTS) is 2. The number of piperidine rings is 2. The Morgan fingerprint density at radius 2 is 1.09 bits per heavy atom. The minimum atomic E-state index is -0.667. The average molecular weight is 359 g/mol. The first-order chi connectivity index (χ1) is 9.40. The number of nitrogens with one attached hydrogen (secondary N) is 2. The molecule has 0 aromatic rings. The Bertz CT molecular complexity index is 297. The van der Waals surface area contributed by atoms with E-state index < -0.39 is 11.9 Å². The number of carbonyl (C=O) groups is 2. The molecule has 0 spiro atoms. The number of carboxylic acids is 2. The monoisotopic (exact) mass is 358 g/mol. The largest absolute Gasteiger partial charge is 0.481 e. The van der Waals surface area contributed by atoms with Crippen LogP contribution in [0.1, 0.15) is 39.5 Å². The molecule has 0 aromatic heterocycles. The second-order valence-corrected chi connectivity index (χ2v) is 5.84. The SMILES string of the molecule is C[C@@H]1CC[C@H](C(=O)O)CN1.C[C@H]1CC[C@@H](C(=O)O)CN1.Cl.Cl. The summed E-state index contributed by atoms with van der Waals surface area (Å²) in [5.74, 6) is -1.65. The van der Waals surface area contributed by atoms with Crippen molar-refractivity contribution >= 4 is 36.8 Å². The van der Waals surface area contributed by atoms with Gasteiger partial charge >= 0.3 is 11.9 Å². The molecule has 22 heavy (non-hydrogen) atoms. The maximum atomic E-state index is 10.4. The fourth-order valence-corrected chi connectivity index (χ4v) is 2.42. The summed E-state index contributed by atoms with van der Waals surface area (Å²) in [6.45, 7) is 5.43. The molecule has 2 aliphatic heterocycles. The van der Waals surface area contributed by atoms with Gasteiger partial charge in [0.15, 0.2) is 0 Å². The van der Waals surface area contributed by atoms with E-state index in [2.05, 4.69) is 24.5 Å². The number of rotatable bonds is 2. The van der Waals surface area contributed by atoms with Gasteiger partial charge in [0.2, 0.25) is 0 Å². The van der Waals surface area contributed by atoms with Crippen molar-refractivity contribution in [3.8, 4) is 0 Å². The molecule has 0 unspecified atom stereocenters. The summed E-state index contributed by atoms with van der Waals surface area (Å²) in [5.41, 5.74) is 0. The average Bonchev–Trinajstić information content (AvgIpc) is 2.40. The first kappa shape index (κ1) is 23.7. The number of hydrogen-bond acceptors (Lipinski definition) is 4. The summed E-state index contributed by atoms with van der Waals surface area (Å²) in [4.78, 5) is 20.8.